The van der Waals surface area contributed by atoms with E-state index in [-0.39, 0.29) is 17.4 Å². The Hall–Kier alpha value is -4.44. The number of rotatable bonds is 7. The van der Waals surface area contributed by atoms with E-state index in [0.717, 1.165) is 12.1 Å². The van der Waals surface area contributed by atoms with Gasteiger partial charge in [-0.2, -0.15) is 13.2 Å². The molecular weight excluding hydrogens is 497 g/mol. The number of alkyl halides is 3. The molecule has 0 bridgehead atoms. The maximum Gasteiger partial charge on any atom is 0.416 e. The highest BCUT2D eigenvalue weighted by molar-refractivity contribution is 6.01. The molecule has 1 aromatic heterocycles. The standard InChI is InChI=1S/C28H25F3N4O3/c1-4-6-25(36)34-18-9-11-23-21(14-18)26(33-16-32-23)35-24-12-10-20(15-22(24)27(2,3)37)38-19-8-5-7-17(13-19)28(29,30)31/h4-16,37H,1-3H3,(H,34,36)(H,32,33,35). The summed E-state index contributed by atoms with van der Waals surface area (Å²) in [5, 5.41) is 17.5. The maximum absolute atomic E-state index is 13.1. The van der Waals surface area contributed by atoms with Crippen molar-refractivity contribution in [3.8, 4) is 11.5 Å². The van der Waals surface area contributed by atoms with Crippen molar-refractivity contribution in [2.75, 3.05) is 10.6 Å². The second-order valence-corrected chi connectivity index (χ2v) is 8.96. The largest absolute Gasteiger partial charge is 0.457 e. The van der Waals surface area contributed by atoms with E-state index >= 15 is 0 Å². The van der Waals surface area contributed by atoms with Crippen molar-refractivity contribution in [3.63, 3.8) is 0 Å². The monoisotopic (exact) mass is 522 g/mol. The lowest BCUT2D eigenvalue weighted by Gasteiger charge is -2.23. The van der Waals surface area contributed by atoms with Crippen LogP contribution in [0.5, 0.6) is 11.5 Å². The number of halogens is 3. The fraction of sp³-hybridized carbons (Fsp3) is 0.179. The molecule has 1 heterocycles. The number of amides is 1. The number of carbonyl (C=O) groups is 1. The summed E-state index contributed by atoms with van der Waals surface area (Å²) in [7, 11) is 0. The van der Waals surface area contributed by atoms with Gasteiger partial charge in [-0.15, -0.1) is 0 Å². The number of aliphatic hydroxyl groups is 1. The van der Waals surface area contributed by atoms with E-state index in [9.17, 15) is 23.1 Å². The van der Waals surface area contributed by atoms with Gasteiger partial charge in [0.1, 0.15) is 23.6 Å². The molecule has 0 spiro atoms. The Morgan fingerprint density at radius 3 is 2.47 bits per heavy atom. The number of hydrogen-bond acceptors (Lipinski definition) is 6. The van der Waals surface area contributed by atoms with E-state index in [1.165, 1.54) is 24.5 Å². The van der Waals surface area contributed by atoms with Crippen molar-refractivity contribution < 1.29 is 27.8 Å². The third kappa shape index (κ3) is 6.27. The lowest BCUT2D eigenvalue weighted by atomic mass is 9.96. The van der Waals surface area contributed by atoms with Crippen LogP contribution in [0.15, 0.2) is 79.1 Å². The molecule has 7 nitrogen and oxygen atoms in total. The minimum Gasteiger partial charge on any atom is -0.457 e. The summed E-state index contributed by atoms with van der Waals surface area (Å²) >= 11 is 0. The molecule has 0 unspecified atom stereocenters. The zero-order valence-electron chi connectivity index (χ0n) is 20.8. The molecule has 4 aromatic rings. The average molecular weight is 523 g/mol. The van der Waals surface area contributed by atoms with E-state index in [4.69, 9.17) is 4.74 Å². The second kappa shape index (κ2) is 10.5. The number of fused-ring (bicyclic) bond motifs is 1. The highest BCUT2D eigenvalue weighted by Gasteiger charge is 2.30. The smallest absolute Gasteiger partial charge is 0.416 e. The molecule has 0 aliphatic heterocycles. The third-order valence-electron chi connectivity index (χ3n) is 5.52. The zero-order chi connectivity index (χ0) is 27.5. The van der Waals surface area contributed by atoms with Gasteiger partial charge in [-0.1, -0.05) is 12.1 Å². The quantitative estimate of drug-likeness (QED) is 0.228. The van der Waals surface area contributed by atoms with Gasteiger partial charge in [0.2, 0.25) is 5.91 Å². The number of nitrogens with one attached hydrogen (secondary N) is 2. The summed E-state index contributed by atoms with van der Waals surface area (Å²) < 4.78 is 45.0. The highest BCUT2D eigenvalue weighted by atomic mass is 19.4. The number of carbonyl (C=O) groups excluding carboxylic acids is 1. The van der Waals surface area contributed by atoms with Crippen LogP contribution in [-0.2, 0) is 16.6 Å². The Balaban J connectivity index is 1.68. The summed E-state index contributed by atoms with van der Waals surface area (Å²) in [6.45, 7) is 4.90. The second-order valence-electron chi connectivity index (χ2n) is 8.96. The third-order valence-corrected chi connectivity index (χ3v) is 5.52. The van der Waals surface area contributed by atoms with Crippen molar-refractivity contribution in [2.45, 2.75) is 32.5 Å². The first-order valence-electron chi connectivity index (χ1n) is 11.6. The molecule has 0 fully saturated rings. The van der Waals surface area contributed by atoms with Gasteiger partial charge in [0.05, 0.1) is 16.7 Å². The van der Waals surface area contributed by atoms with Gasteiger partial charge < -0.3 is 20.5 Å². The van der Waals surface area contributed by atoms with E-state index in [1.54, 1.807) is 63.2 Å². The summed E-state index contributed by atoms with van der Waals surface area (Å²) in [5.74, 6) is 0.401. The summed E-state index contributed by atoms with van der Waals surface area (Å²) in [5.41, 5.74) is -0.0764. The molecular formula is C28H25F3N4O3. The molecule has 0 radical (unpaired) electrons. The van der Waals surface area contributed by atoms with Crippen LogP contribution in [0.4, 0.5) is 30.4 Å². The molecule has 3 N–H and O–H groups in total. The van der Waals surface area contributed by atoms with Gasteiger partial charge in [0.25, 0.3) is 0 Å². The normalized spacial score (nSPS) is 12.1. The predicted octanol–water partition coefficient (Wildman–Crippen LogP) is 6.93. The van der Waals surface area contributed by atoms with E-state index in [0.29, 0.717) is 33.7 Å². The lowest BCUT2D eigenvalue weighted by Crippen LogP contribution is -2.18. The van der Waals surface area contributed by atoms with Gasteiger partial charge in [-0.05, 0) is 81.4 Å². The molecule has 38 heavy (non-hydrogen) atoms. The molecule has 196 valence electrons. The number of benzene rings is 3. The average Bonchev–Trinajstić information content (AvgIpc) is 2.84. The zero-order valence-corrected chi connectivity index (χ0v) is 20.8. The minimum absolute atomic E-state index is 0.0107. The lowest BCUT2D eigenvalue weighted by molar-refractivity contribution is -0.137. The predicted molar refractivity (Wildman–Crippen MR) is 139 cm³/mol. The molecule has 10 heteroatoms. The van der Waals surface area contributed by atoms with Crippen LogP contribution in [0.25, 0.3) is 10.9 Å². The minimum atomic E-state index is -4.50. The highest BCUT2D eigenvalue weighted by Crippen LogP contribution is 2.37. The summed E-state index contributed by atoms with van der Waals surface area (Å²) in [6.07, 6.45) is -0.0762. The van der Waals surface area contributed by atoms with Gasteiger partial charge in [0, 0.05) is 22.3 Å². The molecule has 0 aliphatic rings. The summed E-state index contributed by atoms with van der Waals surface area (Å²) in [4.78, 5) is 20.6. The van der Waals surface area contributed by atoms with Crippen LogP contribution in [0, 0.1) is 0 Å². The van der Waals surface area contributed by atoms with E-state index in [1.807, 2.05) is 0 Å². The molecule has 0 aliphatic carbocycles. The SMILES string of the molecule is CC=CC(=O)Nc1ccc2ncnc(Nc3ccc(Oc4cccc(C(F)(F)F)c4)cc3C(C)(C)O)c2c1. The first-order chi connectivity index (χ1) is 17.9. The van der Waals surface area contributed by atoms with Gasteiger partial charge >= 0.3 is 6.18 Å². The number of hydrogen-bond donors (Lipinski definition) is 3. The molecule has 0 atom stereocenters. The van der Waals surface area contributed by atoms with Crippen LogP contribution in [0.2, 0.25) is 0 Å². The topological polar surface area (TPSA) is 96.4 Å². The van der Waals surface area contributed by atoms with Crippen molar-refractivity contribution in [1.82, 2.24) is 9.97 Å². The van der Waals surface area contributed by atoms with Gasteiger partial charge in [-0.3, -0.25) is 4.79 Å². The van der Waals surface area contributed by atoms with Crippen LogP contribution in [0.1, 0.15) is 31.9 Å². The number of nitrogens with zero attached hydrogens (tertiary/aromatic N) is 2. The van der Waals surface area contributed by atoms with Crippen LogP contribution in [-0.4, -0.2) is 21.0 Å². The van der Waals surface area contributed by atoms with Crippen LogP contribution >= 0.6 is 0 Å². The Kier molecular flexibility index (Phi) is 7.36. The van der Waals surface area contributed by atoms with Gasteiger partial charge in [0.15, 0.2) is 0 Å². The molecule has 0 saturated carbocycles. The van der Waals surface area contributed by atoms with Crippen LogP contribution < -0.4 is 15.4 Å². The van der Waals surface area contributed by atoms with E-state index in [2.05, 4.69) is 20.6 Å². The fourth-order valence-electron chi connectivity index (χ4n) is 3.77. The van der Waals surface area contributed by atoms with Crippen molar-refractivity contribution in [2.24, 2.45) is 0 Å². The van der Waals surface area contributed by atoms with Crippen molar-refractivity contribution in [1.29, 1.82) is 0 Å². The first-order valence-corrected chi connectivity index (χ1v) is 11.6. The Labute approximate surface area is 217 Å². The maximum atomic E-state index is 13.1. The number of allylic oxidation sites excluding steroid dienone is 1. The number of anilines is 3. The van der Waals surface area contributed by atoms with Crippen LogP contribution in [0.3, 0.4) is 0 Å². The Morgan fingerprint density at radius 2 is 1.76 bits per heavy atom. The fourth-order valence-corrected chi connectivity index (χ4v) is 3.77. The number of aromatic nitrogens is 2. The van der Waals surface area contributed by atoms with Crippen molar-refractivity contribution in [3.05, 3.63) is 90.3 Å². The molecule has 3 aromatic carbocycles. The van der Waals surface area contributed by atoms with Gasteiger partial charge in [-0.25, -0.2) is 9.97 Å². The first kappa shape index (κ1) is 26.6. The molecule has 0 saturated heterocycles. The Bertz CT molecular complexity index is 1510. The number of ether oxygens (including phenoxy) is 1. The Morgan fingerprint density at radius 1 is 1.00 bits per heavy atom. The molecule has 4 rings (SSSR count). The summed E-state index contributed by atoms with van der Waals surface area (Å²) in [6, 6.07) is 14.5. The van der Waals surface area contributed by atoms with E-state index < -0.39 is 17.3 Å². The molecule has 1 amide bonds. The van der Waals surface area contributed by atoms with Crippen molar-refractivity contribution >= 4 is 34.0 Å².